The van der Waals surface area contributed by atoms with Crippen molar-refractivity contribution in [2.45, 2.75) is 49.4 Å². The van der Waals surface area contributed by atoms with Gasteiger partial charge in [0.15, 0.2) is 11.5 Å². The molecule has 9 heteroatoms. The number of nitrogens with one attached hydrogen (secondary N) is 1. The number of anilines is 1. The summed E-state index contributed by atoms with van der Waals surface area (Å²) in [5, 5.41) is 11.9. The first-order valence-corrected chi connectivity index (χ1v) is 12.5. The van der Waals surface area contributed by atoms with E-state index in [-0.39, 0.29) is 17.0 Å². The Labute approximate surface area is 200 Å². The van der Waals surface area contributed by atoms with Gasteiger partial charge in [-0.3, -0.25) is 4.21 Å². The maximum Gasteiger partial charge on any atom is 0.270 e. The fraction of sp³-hybridized carbons (Fsp3) is 0.280. The van der Waals surface area contributed by atoms with Gasteiger partial charge in [-0.1, -0.05) is 38.1 Å². The van der Waals surface area contributed by atoms with Gasteiger partial charge in [0.25, 0.3) is 5.89 Å². The van der Waals surface area contributed by atoms with E-state index in [4.69, 9.17) is 10.2 Å². The molecule has 1 atom stereocenters. The lowest BCUT2D eigenvalue weighted by Gasteiger charge is -2.07. The van der Waals surface area contributed by atoms with Crippen LogP contribution in [0.25, 0.3) is 34.3 Å². The van der Waals surface area contributed by atoms with Crippen LogP contribution in [0.2, 0.25) is 0 Å². The molecule has 0 amide bonds. The van der Waals surface area contributed by atoms with Gasteiger partial charge in [-0.15, -0.1) is 10.2 Å². The van der Waals surface area contributed by atoms with E-state index in [0.29, 0.717) is 23.3 Å². The lowest BCUT2D eigenvalue weighted by molar-refractivity contribution is 0.582. The maximum absolute atomic E-state index is 12.3. The summed E-state index contributed by atoms with van der Waals surface area (Å²) >= 11 is 0. The number of nitrogens with two attached hydrogens (primary N) is 1. The summed E-state index contributed by atoms with van der Waals surface area (Å²) in [6.07, 6.45) is 4.12. The van der Waals surface area contributed by atoms with Crippen molar-refractivity contribution in [3.8, 4) is 34.3 Å². The summed E-state index contributed by atoms with van der Waals surface area (Å²) in [5.41, 5.74) is 9.88. The third-order valence-corrected chi connectivity index (χ3v) is 7.21. The van der Waals surface area contributed by atoms with Crippen molar-refractivity contribution in [3.63, 3.8) is 0 Å². The van der Waals surface area contributed by atoms with Crippen LogP contribution in [-0.4, -0.2) is 35.7 Å². The largest absolute Gasteiger partial charge is 0.414 e. The van der Waals surface area contributed by atoms with Crippen LogP contribution in [0.3, 0.4) is 0 Å². The zero-order valence-corrected chi connectivity index (χ0v) is 19.9. The van der Waals surface area contributed by atoms with Gasteiger partial charge in [0.2, 0.25) is 5.89 Å². The molecule has 1 aliphatic rings. The maximum atomic E-state index is 12.3. The molecule has 0 saturated heterocycles. The number of hydrogen-bond donors (Lipinski definition) is 2. The second-order valence-corrected chi connectivity index (χ2v) is 10.6. The SMILES string of the molecule is CC(C)S(=O)c1ccc(-c2cnc(N)c(-c3nnc(-c4ccc(CNC5CC5)cc4)o3)n2)cc1. The summed E-state index contributed by atoms with van der Waals surface area (Å²) in [5.74, 6) is 0.806. The molecule has 1 unspecified atom stereocenters. The first-order valence-electron chi connectivity index (χ1n) is 11.3. The summed E-state index contributed by atoms with van der Waals surface area (Å²) in [6.45, 7) is 4.72. The van der Waals surface area contributed by atoms with Gasteiger partial charge in [-0.2, -0.15) is 0 Å². The molecule has 2 aromatic carbocycles. The van der Waals surface area contributed by atoms with Gasteiger partial charge in [0.1, 0.15) is 0 Å². The van der Waals surface area contributed by atoms with Crippen molar-refractivity contribution in [1.29, 1.82) is 0 Å². The highest BCUT2D eigenvalue weighted by atomic mass is 32.2. The summed E-state index contributed by atoms with van der Waals surface area (Å²) in [6, 6.07) is 16.2. The van der Waals surface area contributed by atoms with Crippen LogP contribution in [0.5, 0.6) is 0 Å². The first-order chi connectivity index (χ1) is 16.5. The minimum atomic E-state index is -1.05. The molecular formula is C25H26N6O2S. The summed E-state index contributed by atoms with van der Waals surface area (Å²) in [7, 11) is -1.05. The van der Waals surface area contributed by atoms with E-state index in [2.05, 4.69) is 37.6 Å². The molecule has 8 nitrogen and oxygen atoms in total. The van der Waals surface area contributed by atoms with E-state index in [1.54, 1.807) is 6.20 Å². The fourth-order valence-electron chi connectivity index (χ4n) is 3.48. The minimum absolute atomic E-state index is 0.0519. The van der Waals surface area contributed by atoms with Crippen LogP contribution in [0.15, 0.2) is 64.0 Å². The van der Waals surface area contributed by atoms with Gasteiger partial charge in [0.05, 0.1) is 22.7 Å². The number of nitrogens with zero attached hydrogens (tertiary/aromatic N) is 4. The number of aromatic nitrogens is 4. The monoisotopic (exact) mass is 474 g/mol. The van der Waals surface area contributed by atoms with Crippen LogP contribution in [-0.2, 0) is 17.3 Å². The van der Waals surface area contributed by atoms with Crippen molar-refractivity contribution < 1.29 is 8.63 Å². The van der Waals surface area contributed by atoms with Crippen LogP contribution in [0, 0.1) is 0 Å². The second kappa shape index (κ2) is 9.44. The average molecular weight is 475 g/mol. The molecule has 0 bridgehead atoms. The van der Waals surface area contributed by atoms with Crippen LogP contribution in [0.4, 0.5) is 5.82 Å². The van der Waals surface area contributed by atoms with Gasteiger partial charge in [-0.25, -0.2) is 9.97 Å². The molecule has 5 rings (SSSR count). The highest BCUT2D eigenvalue weighted by Gasteiger charge is 2.20. The van der Waals surface area contributed by atoms with Gasteiger partial charge in [0, 0.05) is 33.9 Å². The second-order valence-electron chi connectivity index (χ2n) is 8.62. The molecule has 0 aliphatic heterocycles. The highest BCUT2D eigenvalue weighted by Crippen LogP contribution is 2.28. The standard InChI is InChI=1S/C25H26N6O2S/c1-15(2)34(32)20-11-7-17(8-12-20)21-14-28-23(26)22(29-21)25-31-30-24(33-25)18-5-3-16(4-6-18)13-27-19-9-10-19/h3-8,11-12,14-15,19,27H,9-10,13H2,1-2H3,(H2,26,28). The number of hydrogen-bond acceptors (Lipinski definition) is 8. The Hall–Kier alpha value is -3.43. The van der Waals surface area contributed by atoms with Crippen molar-refractivity contribution in [1.82, 2.24) is 25.5 Å². The molecule has 0 spiro atoms. The zero-order valence-electron chi connectivity index (χ0n) is 19.1. The molecule has 34 heavy (non-hydrogen) atoms. The van der Waals surface area contributed by atoms with Crippen molar-refractivity contribution in [3.05, 3.63) is 60.3 Å². The van der Waals surface area contributed by atoms with Gasteiger partial charge in [-0.05, 0) is 42.7 Å². The molecule has 0 radical (unpaired) electrons. The topological polar surface area (TPSA) is 120 Å². The van der Waals surface area contributed by atoms with E-state index < -0.39 is 10.8 Å². The highest BCUT2D eigenvalue weighted by molar-refractivity contribution is 7.85. The van der Waals surface area contributed by atoms with E-state index >= 15 is 0 Å². The Kier molecular flexibility index (Phi) is 6.21. The molecule has 1 saturated carbocycles. The quantitative estimate of drug-likeness (QED) is 0.390. The molecule has 1 fully saturated rings. The predicted molar refractivity (Wildman–Crippen MR) is 132 cm³/mol. The van der Waals surface area contributed by atoms with E-state index in [1.807, 2.05) is 50.2 Å². The average Bonchev–Trinajstić information content (AvgIpc) is 3.57. The van der Waals surface area contributed by atoms with Gasteiger partial charge < -0.3 is 15.5 Å². The Balaban J connectivity index is 1.36. The molecule has 2 heterocycles. The Morgan fingerprint density at radius 2 is 1.71 bits per heavy atom. The Morgan fingerprint density at radius 1 is 1.03 bits per heavy atom. The Bertz CT molecular complexity index is 1310. The number of rotatable bonds is 8. The van der Waals surface area contributed by atoms with Crippen molar-refractivity contribution in [2.24, 2.45) is 0 Å². The molecule has 3 N–H and O–H groups in total. The van der Waals surface area contributed by atoms with Crippen molar-refractivity contribution >= 4 is 16.6 Å². The molecular weight excluding hydrogens is 448 g/mol. The normalized spacial score (nSPS) is 14.4. The Morgan fingerprint density at radius 3 is 2.38 bits per heavy atom. The van der Waals surface area contributed by atoms with Crippen molar-refractivity contribution in [2.75, 3.05) is 5.73 Å². The van der Waals surface area contributed by atoms with Gasteiger partial charge >= 0.3 is 0 Å². The molecule has 1 aliphatic carbocycles. The molecule has 2 aromatic heterocycles. The predicted octanol–water partition coefficient (Wildman–Crippen LogP) is 4.21. The van der Waals surface area contributed by atoms with E-state index in [9.17, 15) is 4.21 Å². The smallest absolute Gasteiger partial charge is 0.270 e. The molecule has 174 valence electrons. The lowest BCUT2D eigenvalue weighted by atomic mass is 10.1. The van der Waals surface area contributed by atoms with Crippen LogP contribution in [0.1, 0.15) is 32.3 Å². The first kappa shape index (κ1) is 22.4. The fourth-order valence-corrected chi connectivity index (χ4v) is 4.43. The van der Waals surface area contributed by atoms with E-state index in [1.165, 1.54) is 18.4 Å². The number of nitrogen functional groups attached to an aromatic ring is 1. The molecule has 4 aromatic rings. The van der Waals surface area contributed by atoms with Crippen LogP contribution < -0.4 is 11.1 Å². The number of benzene rings is 2. The van der Waals surface area contributed by atoms with Crippen LogP contribution >= 0.6 is 0 Å². The van der Waals surface area contributed by atoms with E-state index in [0.717, 1.165) is 22.6 Å². The summed E-state index contributed by atoms with van der Waals surface area (Å²) < 4.78 is 18.2. The summed E-state index contributed by atoms with van der Waals surface area (Å²) in [4.78, 5) is 9.67. The third-order valence-electron chi connectivity index (χ3n) is 5.61. The zero-order chi connectivity index (χ0) is 23.7. The minimum Gasteiger partial charge on any atom is -0.414 e. The lowest BCUT2D eigenvalue weighted by Crippen LogP contribution is -2.14. The third kappa shape index (κ3) is 4.90.